The third kappa shape index (κ3) is 7.09. The quantitative estimate of drug-likeness (QED) is 0.544. The molecule has 1 unspecified atom stereocenters. The van der Waals surface area contributed by atoms with E-state index in [9.17, 15) is 19.1 Å². The van der Waals surface area contributed by atoms with E-state index < -0.39 is 12.1 Å². The van der Waals surface area contributed by atoms with Gasteiger partial charge in [-0.15, -0.1) is 0 Å². The first-order chi connectivity index (χ1) is 13.3. The van der Waals surface area contributed by atoms with Crippen molar-refractivity contribution in [1.82, 2.24) is 10.4 Å². The lowest BCUT2D eigenvalue weighted by Gasteiger charge is -2.23. The first kappa shape index (κ1) is 21.5. The standard InChI is InChI=1S/C21H25FN2O4/c1-15(25)24(12-10-20(26)14-17-3-2-4-19(22)13-17)23-11-9-16-5-7-18(8-6-16)21(27)28/h2-8,13,20,23,26H,9-12,14H2,1H3,(H,27,28). The van der Waals surface area contributed by atoms with Crippen LogP contribution >= 0.6 is 0 Å². The van der Waals surface area contributed by atoms with Crippen LogP contribution in [0.3, 0.4) is 0 Å². The second-order valence-corrected chi connectivity index (χ2v) is 6.61. The lowest BCUT2D eigenvalue weighted by atomic mass is 10.1. The molecule has 28 heavy (non-hydrogen) atoms. The monoisotopic (exact) mass is 388 g/mol. The molecule has 2 rings (SSSR count). The van der Waals surface area contributed by atoms with E-state index >= 15 is 0 Å². The molecule has 0 aliphatic rings. The first-order valence-electron chi connectivity index (χ1n) is 9.11. The number of benzene rings is 2. The van der Waals surface area contributed by atoms with Crippen molar-refractivity contribution in [2.45, 2.75) is 32.3 Å². The molecule has 0 fully saturated rings. The van der Waals surface area contributed by atoms with Gasteiger partial charge in [-0.1, -0.05) is 24.3 Å². The van der Waals surface area contributed by atoms with Crippen LogP contribution in [0.5, 0.6) is 0 Å². The number of aliphatic hydroxyl groups is 1. The number of nitrogens with one attached hydrogen (secondary N) is 1. The molecule has 2 aromatic rings. The highest BCUT2D eigenvalue weighted by Crippen LogP contribution is 2.09. The molecule has 3 N–H and O–H groups in total. The Hall–Kier alpha value is -2.77. The van der Waals surface area contributed by atoms with Gasteiger partial charge in [0.2, 0.25) is 5.91 Å². The Morgan fingerprint density at radius 1 is 1.14 bits per heavy atom. The normalized spacial score (nSPS) is 11.8. The third-order valence-corrected chi connectivity index (χ3v) is 4.34. The van der Waals surface area contributed by atoms with Gasteiger partial charge < -0.3 is 10.2 Å². The van der Waals surface area contributed by atoms with Crippen LogP contribution in [-0.2, 0) is 17.6 Å². The summed E-state index contributed by atoms with van der Waals surface area (Å²) in [6, 6.07) is 12.7. The molecule has 1 atom stereocenters. The minimum absolute atomic E-state index is 0.167. The number of hydrazine groups is 1. The summed E-state index contributed by atoms with van der Waals surface area (Å²) in [7, 11) is 0. The Morgan fingerprint density at radius 2 is 1.86 bits per heavy atom. The van der Waals surface area contributed by atoms with Gasteiger partial charge in [-0.2, -0.15) is 0 Å². The van der Waals surface area contributed by atoms with E-state index in [-0.39, 0.29) is 17.3 Å². The fourth-order valence-electron chi connectivity index (χ4n) is 2.81. The van der Waals surface area contributed by atoms with Gasteiger partial charge in [-0.3, -0.25) is 9.80 Å². The van der Waals surface area contributed by atoms with Crippen molar-refractivity contribution in [3.8, 4) is 0 Å². The second kappa shape index (κ2) is 10.5. The van der Waals surface area contributed by atoms with Crippen LogP contribution in [0.1, 0.15) is 34.8 Å². The van der Waals surface area contributed by atoms with E-state index in [0.29, 0.717) is 37.9 Å². The summed E-state index contributed by atoms with van der Waals surface area (Å²) >= 11 is 0. The molecule has 7 heteroatoms. The minimum atomic E-state index is -0.968. The predicted molar refractivity (Wildman–Crippen MR) is 103 cm³/mol. The molecule has 0 saturated heterocycles. The number of halogens is 1. The summed E-state index contributed by atoms with van der Waals surface area (Å²) in [6.45, 7) is 2.25. The van der Waals surface area contributed by atoms with Crippen LogP contribution in [0.2, 0.25) is 0 Å². The number of hydrogen-bond donors (Lipinski definition) is 3. The molecule has 0 heterocycles. The Labute approximate surface area is 163 Å². The first-order valence-corrected chi connectivity index (χ1v) is 9.11. The number of rotatable bonds is 10. The molecule has 6 nitrogen and oxygen atoms in total. The number of amides is 1. The van der Waals surface area contributed by atoms with E-state index in [1.165, 1.54) is 24.1 Å². The number of nitrogens with zero attached hydrogens (tertiary/aromatic N) is 1. The van der Waals surface area contributed by atoms with Crippen molar-refractivity contribution in [1.29, 1.82) is 0 Å². The fourth-order valence-corrected chi connectivity index (χ4v) is 2.81. The average molecular weight is 388 g/mol. The zero-order chi connectivity index (χ0) is 20.5. The van der Waals surface area contributed by atoms with Gasteiger partial charge in [0, 0.05) is 20.0 Å². The number of carboxylic acid groups (broad SMARTS) is 1. The van der Waals surface area contributed by atoms with E-state index in [1.54, 1.807) is 36.4 Å². The molecule has 1 amide bonds. The SMILES string of the molecule is CC(=O)N(CCC(O)Cc1cccc(F)c1)NCCc1ccc(C(=O)O)cc1. The van der Waals surface area contributed by atoms with Crippen LogP contribution in [0.15, 0.2) is 48.5 Å². The van der Waals surface area contributed by atoms with Crippen molar-refractivity contribution in [3.05, 3.63) is 71.0 Å². The molecule has 0 aliphatic carbocycles. The van der Waals surface area contributed by atoms with Gasteiger partial charge >= 0.3 is 5.97 Å². The Morgan fingerprint density at radius 3 is 2.46 bits per heavy atom. The van der Waals surface area contributed by atoms with Gasteiger partial charge in [0.25, 0.3) is 0 Å². The van der Waals surface area contributed by atoms with Gasteiger partial charge in [0.05, 0.1) is 11.7 Å². The number of carbonyl (C=O) groups is 2. The van der Waals surface area contributed by atoms with Crippen LogP contribution in [0, 0.1) is 5.82 Å². The van der Waals surface area contributed by atoms with Crippen molar-refractivity contribution < 1.29 is 24.2 Å². The highest BCUT2D eigenvalue weighted by Gasteiger charge is 2.12. The fraction of sp³-hybridized carbons (Fsp3) is 0.333. The molecule has 150 valence electrons. The van der Waals surface area contributed by atoms with Crippen LogP contribution in [0.4, 0.5) is 4.39 Å². The molecule has 0 spiro atoms. The summed E-state index contributed by atoms with van der Waals surface area (Å²) in [5.74, 6) is -1.48. The maximum atomic E-state index is 13.2. The van der Waals surface area contributed by atoms with Crippen LogP contribution < -0.4 is 5.43 Å². The van der Waals surface area contributed by atoms with Crippen molar-refractivity contribution >= 4 is 11.9 Å². The Kier molecular flexibility index (Phi) is 8.10. The largest absolute Gasteiger partial charge is 0.478 e. The Bertz CT molecular complexity index is 795. The van der Waals surface area contributed by atoms with Gasteiger partial charge in [0.1, 0.15) is 5.82 Å². The van der Waals surface area contributed by atoms with E-state index in [2.05, 4.69) is 5.43 Å². The summed E-state index contributed by atoms with van der Waals surface area (Å²) in [5.41, 5.74) is 4.92. The van der Waals surface area contributed by atoms with Crippen LogP contribution in [0.25, 0.3) is 0 Å². The smallest absolute Gasteiger partial charge is 0.335 e. The summed E-state index contributed by atoms with van der Waals surface area (Å²) in [4.78, 5) is 22.6. The van der Waals surface area contributed by atoms with Crippen molar-refractivity contribution in [2.24, 2.45) is 0 Å². The summed E-state index contributed by atoms with van der Waals surface area (Å²) in [5, 5.41) is 20.5. The number of carbonyl (C=O) groups excluding carboxylic acids is 1. The molecular weight excluding hydrogens is 363 g/mol. The van der Waals surface area contributed by atoms with Crippen molar-refractivity contribution in [3.63, 3.8) is 0 Å². The third-order valence-electron chi connectivity index (χ3n) is 4.34. The highest BCUT2D eigenvalue weighted by molar-refractivity contribution is 5.87. The molecular formula is C21H25FN2O4. The molecule has 0 bridgehead atoms. The number of hydrogen-bond acceptors (Lipinski definition) is 4. The minimum Gasteiger partial charge on any atom is -0.478 e. The molecule has 2 aromatic carbocycles. The Balaban J connectivity index is 1.77. The number of aliphatic hydroxyl groups excluding tert-OH is 1. The highest BCUT2D eigenvalue weighted by atomic mass is 19.1. The topological polar surface area (TPSA) is 89.9 Å². The lowest BCUT2D eigenvalue weighted by Crippen LogP contribution is -2.44. The van der Waals surface area contributed by atoms with Gasteiger partial charge in [-0.25, -0.2) is 14.6 Å². The number of aromatic carboxylic acids is 1. The van der Waals surface area contributed by atoms with Gasteiger partial charge in [-0.05, 0) is 54.7 Å². The van der Waals surface area contributed by atoms with Gasteiger partial charge in [0.15, 0.2) is 0 Å². The number of carboxylic acids is 1. The van der Waals surface area contributed by atoms with Crippen molar-refractivity contribution in [2.75, 3.05) is 13.1 Å². The van der Waals surface area contributed by atoms with Crippen LogP contribution in [-0.4, -0.2) is 46.3 Å². The molecule has 0 aromatic heterocycles. The molecule has 0 saturated carbocycles. The van der Waals surface area contributed by atoms with E-state index in [0.717, 1.165) is 5.56 Å². The summed E-state index contributed by atoms with van der Waals surface area (Å²) < 4.78 is 13.2. The predicted octanol–water partition coefficient (Wildman–Crippen LogP) is 2.41. The van der Waals surface area contributed by atoms with E-state index in [4.69, 9.17) is 5.11 Å². The maximum Gasteiger partial charge on any atom is 0.335 e. The lowest BCUT2D eigenvalue weighted by molar-refractivity contribution is -0.132. The van der Waals surface area contributed by atoms with E-state index in [1.807, 2.05) is 0 Å². The maximum absolute atomic E-state index is 13.2. The molecule has 0 radical (unpaired) electrons. The summed E-state index contributed by atoms with van der Waals surface area (Å²) in [6.07, 6.45) is 0.611. The zero-order valence-electron chi connectivity index (χ0n) is 15.8. The zero-order valence-corrected chi connectivity index (χ0v) is 15.8. The molecule has 0 aliphatic heterocycles. The average Bonchev–Trinajstić information content (AvgIpc) is 2.64. The second-order valence-electron chi connectivity index (χ2n) is 6.61.